The van der Waals surface area contributed by atoms with E-state index in [9.17, 15) is 9.59 Å². The second-order valence-electron chi connectivity index (χ2n) is 3.64. The second-order valence-corrected chi connectivity index (χ2v) is 3.64. The first-order valence-electron chi connectivity index (χ1n) is 4.74. The molecule has 78 valence electrons. The minimum absolute atomic E-state index is 0.156. The maximum atomic E-state index is 12.0. The van der Waals surface area contributed by atoms with Gasteiger partial charge in [0, 0.05) is 18.0 Å². The summed E-state index contributed by atoms with van der Waals surface area (Å²) >= 11 is 0. The molecule has 0 unspecified atom stereocenters. The molecule has 2 rings (SSSR count). The van der Waals surface area contributed by atoms with Gasteiger partial charge in [-0.05, 0) is 25.0 Å². The van der Waals surface area contributed by atoms with E-state index in [0.717, 1.165) is 0 Å². The third-order valence-corrected chi connectivity index (χ3v) is 2.70. The Morgan fingerprint density at radius 1 is 1.33 bits per heavy atom. The number of esters is 1. The van der Waals surface area contributed by atoms with Crippen LogP contribution in [0.5, 0.6) is 0 Å². The van der Waals surface area contributed by atoms with Gasteiger partial charge in [-0.3, -0.25) is 14.6 Å². The first-order chi connectivity index (χ1) is 7.20. The van der Waals surface area contributed by atoms with Gasteiger partial charge in [0.15, 0.2) is 5.78 Å². The zero-order valence-corrected chi connectivity index (χ0v) is 8.40. The highest BCUT2D eigenvalue weighted by Gasteiger charge is 2.57. The molecular weight excluding hydrogens is 194 g/mol. The van der Waals surface area contributed by atoms with Gasteiger partial charge in [-0.25, -0.2) is 0 Å². The number of carbonyl (C=O) groups is 2. The molecule has 1 saturated carbocycles. The number of ketones is 1. The normalized spacial score (nSPS) is 16.9. The first-order valence-corrected chi connectivity index (χ1v) is 4.74. The Morgan fingerprint density at radius 2 is 1.93 bits per heavy atom. The van der Waals surface area contributed by atoms with Crippen molar-refractivity contribution in [1.29, 1.82) is 0 Å². The molecule has 0 saturated heterocycles. The molecule has 1 aromatic rings. The lowest BCUT2D eigenvalue weighted by Gasteiger charge is -2.10. The minimum atomic E-state index is -0.907. The van der Waals surface area contributed by atoms with Gasteiger partial charge >= 0.3 is 5.97 Å². The number of aromatic nitrogens is 1. The molecule has 0 spiro atoms. The van der Waals surface area contributed by atoms with Crippen molar-refractivity contribution in [3.05, 3.63) is 30.1 Å². The average molecular weight is 205 g/mol. The van der Waals surface area contributed by atoms with Crippen molar-refractivity contribution >= 4 is 11.8 Å². The molecule has 0 N–H and O–H groups in total. The Labute approximate surface area is 87.3 Å². The summed E-state index contributed by atoms with van der Waals surface area (Å²) in [6, 6.07) is 3.23. The van der Waals surface area contributed by atoms with E-state index in [0.29, 0.717) is 18.4 Å². The van der Waals surface area contributed by atoms with Crippen molar-refractivity contribution in [1.82, 2.24) is 4.98 Å². The molecule has 1 aliphatic carbocycles. The smallest absolute Gasteiger partial charge is 0.319 e. The first kappa shape index (κ1) is 9.83. The molecule has 1 aromatic heterocycles. The third-order valence-electron chi connectivity index (χ3n) is 2.70. The fourth-order valence-electron chi connectivity index (χ4n) is 1.62. The number of hydrogen-bond acceptors (Lipinski definition) is 4. The lowest BCUT2D eigenvalue weighted by Crippen LogP contribution is -2.27. The number of ether oxygens (including phenoxy) is 1. The van der Waals surface area contributed by atoms with Crippen molar-refractivity contribution < 1.29 is 14.3 Å². The van der Waals surface area contributed by atoms with Crippen LogP contribution < -0.4 is 0 Å². The number of Topliss-reactive ketones (excluding diaryl/α,β-unsaturated/α-hetero) is 1. The fourth-order valence-corrected chi connectivity index (χ4v) is 1.62. The number of nitrogens with zero attached hydrogens (tertiary/aromatic N) is 1. The van der Waals surface area contributed by atoms with Crippen LogP contribution in [0, 0.1) is 5.41 Å². The van der Waals surface area contributed by atoms with Crippen molar-refractivity contribution in [3.8, 4) is 0 Å². The Balaban J connectivity index is 2.26. The molecule has 4 nitrogen and oxygen atoms in total. The molecule has 0 aliphatic heterocycles. The van der Waals surface area contributed by atoms with Crippen LogP contribution in [0.1, 0.15) is 23.2 Å². The molecule has 1 fully saturated rings. The number of rotatable bonds is 3. The zero-order chi connectivity index (χ0) is 10.9. The van der Waals surface area contributed by atoms with E-state index in [2.05, 4.69) is 9.72 Å². The highest BCUT2D eigenvalue weighted by atomic mass is 16.5. The summed E-state index contributed by atoms with van der Waals surface area (Å²) in [6.45, 7) is 0. The van der Waals surface area contributed by atoms with Gasteiger partial charge in [0.1, 0.15) is 5.41 Å². The van der Waals surface area contributed by atoms with E-state index in [1.54, 1.807) is 24.5 Å². The van der Waals surface area contributed by atoms with Crippen LogP contribution in [-0.4, -0.2) is 23.8 Å². The molecule has 1 heterocycles. The van der Waals surface area contributed by atoms with Crippen LogP contribution in [0.3, 0.4) is 0 Å². The Bertz CT molecular complexity index is 396. The molecule has 4 heteroatoms. The topological polar surface area (TPSA) is 56.3 Å². The predicted octanol–water partition coefficient (Wildman–Crippen LogP) is 1.22. The maximum Gasteiger partial charge on any atom is 0.319 e. The SMILES string of the molecule is COC(=O)C1(C(=O)c2ccncc2)CC1. The Morgan fingerprint density at radius 3 is 2.40 bits per heavy atom. The molecular formula is C11H11NO3. The van der Waals surface area contributed by atoms with Crippen LogP contribution >= 0.6 is 0 Å². The number of pyridine rings is 1. The van der Waals surface area contributed by atoms with Crippen molar-refractivity contribution in [3.63, 3.8) is 0 Å². The minimum Gasteiger partial charge on any atom is -0.468 e. The summed E-state index contributed by atoms with van der Waals surface area (Å²) in [7, 11) is 1.31. The van der Waals surface area contributed by atoms with E-state index in [4.69, 9.17) is 0 Å². The standard InChI is InChI=1S/C11H11NO3/c1-15-10(14)11(4-5-11)9(13)8-2-6-12-7-3-8/h2-3,6-7H,4-5H2,1H3. The second kappa shape index (κ2) is 3.46. The summed E-state index contributed by atoms with van der Waals surface area (Å²) in [5, 5.41) is 0. The largest absolute Gasteiger partial charge is 0.468 e. The Kier molecular flexibility index (Phi) is 2.26. The Hall–Kier alpha value is -1.71. The van der Waals surface area contributed by atoms with Gasteiger partial charge in [-0.15, -0.1) is 0 Å². The number of methoxy groups -OCH3 is 1. The summed E-state index contributed by atoms with van der Waals surface area (Å²) in [5.74, 6) is -0.582. The molecule has 15 heavy (non-hydrogen) atoms. The summed E-state index contributed by atoms with van der Waals surface area (Å²) in [4.78, 5) is 27.3. The lowest BCUT2D eigenvalue weighted by atomic mass is 9.95. The van der Waals surface area contributed by atoms with Crippen LogP contribution in [0.25, 0.3) is 0 Å². The van der Waals surface area contributed by atoms with Crippen LogP contribution in [-0.2, 0) is 9.53 Å². The van der Waals surface area contributed by atoms with Crippen molar-refractivity contribution in [2.24, 2.45) is 5.41 Å². The van der Waals surface area contributed by atoms with Crippen LogP contribution in [0.4, 0.5) is 0 Å². The molecule has 0 atom stereocenters. The van der Waals surface area contributed by atoms with Crippen LogP contribution in [0.15, 0.2) is 24.5 Å². The van der Waals surface area contributed by atoms with Gasteiger partial charge in [0.05, 0.1) is 7.11 Å². The average Bonchev–Trinajstić information content (AvgIpc) is 3.09. The predicted molar refractivity (Wildman–Crippen MR) is 52.3 cm³/mol. The van der Waals surface area contributed by atoms with Crippen molar-refractivity contribution in [2.75, 3.05) is 7.11 Å². The molecule has 1 aliphatic rings. The van der Waals surface area contributed by atoms with Gasteiger partial charge < -0.3 is 4.74 Å². The van der Waals surface area contributed by atoms with Gasteiger partial charge in [0.25, 0.3) is 0 Å². The van der Waals surface area contributed by atoms with Gasteiger partial charge in [0.2, 0.25) is 0 Å². The van der Waals surface area contributed by atoms with Crippen LogP contribution in [0.2, 0.25) is 0 Å². The molecule has 0 radical (unpaired) electrons. The van der Waals surface area contributed by atoms with E-state index < -0.39 is 11.4 Å². The highest BCUT2D eigenvalue weighted by molar-refractivity contribution is 6.14. The van der Waals surface area contributed by atoms with Crippen molar-refractivity contribution in [2.45, 2.75) is 12.8 Å². The molecule has 0 amide bonds. The van der Waals surface area contributed by atoms with E-state index in [-0.39, 0.29) is 5.78 Å². The summed E-state index contributed by atoms with van der Waals surface area (Å²) in [6.07, 6.45) is 4.25. The number of carbonyl (C=O) groups excluding carboxylic acids is 2. The molecule has 0 aromatic carbocycles. The van der Waals surface area contributed by atoms with E-state index in [1.165, 1.54) is 7.11 Å². The fraction of sp³-hybridized carbons (Fsp3) is 0.364. The quantitative estimate of drug-likeness (QED) is 0.423. The maximum absolute atomic E-state index is 12.0. The molecule has 0 bridgehead atoms. The zero-order valence-electron chi connectivity index (χ0n) is 8.40. The van der Waals surface area contributed by atoms with E-state index >= 15 is 0 Å². The van der Waals surface area contributed by atoms with Gasteiger partial charge in [-0.2, -0.15) is 0 Å². The summed E-state index contributed by atoms with van der Waals surface area (Å²) < 4.78 is 4.64. The lowest BCUT2D eigenvalue weighted by molar-refractivity contribution is -0.145. The third kappa shape index (κ3) is 1.52. The number of hydrogen-bond donors (Lipinski definition) is 0. The monoisotopic (exact) mass is 205 g/mol. The summed E-state index contributed by atoms with van der Waals surface area (Å²) in [5.41, 5.74) is -0.385. The van der Waals surface area contributed by atoms with Gasteiger partial charge in [-0.1, -0.05) is 0 Å². The highest BCUT2D eigenvalue weighted by Crippen LogP contribution is 2.49. The van der Waals surface area contributed by atoms with E-state index in [1.807, 2.05) is 0 Å².